The van der Waals surface area contributed by atoms with E-state index in [9.17, 15) is 0 Å². The second kappa shape index (κ2) is 7.51. The zero-order chi connectivity index (χ0) is 14.5. The fraction of sp³-hybridized carbons (Fsp3) is 1.00. The van der Waals surface area contributed by atoms with Gasteiger partial charge >= 0.3 is 0 Å². The molecule has 2 fully saturated rings. The van der Waals surface area contributed by atoms with Crippen molar-refractivity contribution >= 4 is 11.8 Å². The summed E-state index contributed by atoms with van der Waals surface area (Å²) in [7, 11) is 0. The number of nitrogens with one attached hydrogen (secondary N) is 1. The molecule has 0 unspecified atom stereocenters. The highest BCUT2D eigenvalue weighted by atomic mass is 32.2. The summed E-state index contributed by atoms with van der Waals surface area (Å²) in [5, 5.41) is 3.67. The van der Waals surface area contributed by atoms with Gasteiger partial charge in [-0.3, -0.25) is 0 Å². The highest BCUT2D eigenvalue weighted by Gasteiger charge is 2.35. The van der Waals surface area contributed by atoms with Crippen LogP contribution in [0.3, 0.4) is 0 Å². The zero-order valence-electron chi connectivity index (χ0n) is 13.8. The monoisotopic (exact) mass is 298 g/mol. The Morgan fingerprint density at radius 1 is 1.10 bits per heavy atom. The maximum absolute atomic E-state index is 3.67. The second-order valence-electron chi connectivity index (χ2n) is 7.51. The number of nitrogens with zero attached hydrogens (tertiary/aromatic N) is 1. The minimum atomic E-state index is 0.447. The lowest BCUT2D eigenvalue weighted by molar-refractivity contribution is 0.123. The molecular weight excluding hydrogens is 264 g/mol. The van der Waals surface area contributed by atoms with Gasteiger partial charge in [-0.05, 0) is 38.6 Å². The summed E-state index contributed by atoms with van der Waals surface area (Å²) in [6.45, 7) is 13.3. The minimum Gasteiger partial charge on any atom is -0.316 e. The van der Waals surface area contributed by atoms with Gasteiger partial charge < -0.3 is 10.2 Å². The maximum Gasteiger partial charge on any atom is 0.0231 e. The number of thioether (sulfide) groups is 1. The quantitative estimate of drug-likeness (QED) is 0.778. The fourth-order valence-corrected chi connectivity index (χ4v) is 5.16. The number of hydrogen-bond acceptors (Lipinski definition) is 3. The van der Waals surface area contributed by atoms with Crippen LogP contribution in [0.4, 0.5) is 0 Å². The molecule has 1 aliphatic carbocycles. The van der Waals surface area contributed by atoms with Crippen molar-refractivity contribution < 1.29 is 0 Å². The Hall–Kier alpha value is 0.270. The summed E-state index contributed by atoms with van der Waals surface area (Å²) in [5.41, 5.74) is 0.546. The van der Waals surface area contributed by atoms with Crippen LogP contribution in [-0.4, -0.2) is 48.1 Å². The first kappa shape index (κ1) is 16.6. The van der Waals surface area contributed by atoms with E-state index in [0.717, 1.165) is 6.54 Å². The molecule has 2 rings (SSSR count). The van der Waals surface area contributed by atoms with Crippen molar-refractivity contribution in [1.82, 2.24) is 10.2 Å². The van der Waals surface area contributed by atoms with Gasteiger partial charge in [-0.25, -0.2) is 0 Å². The molecule has 0 amide bonds. The molecule has 0 aromatic rings. The molecule has 0 atom stereocenters. The summed E-state index contributed by atoms with van der Waals surface area (Å²) >= 11 is 2.15. The lowest BCUT2D eigenvalue weighted by Gasteiger charge is -2.44. The van der Waals surface area contributed by atoms with Crippen LogP contribution < -0.4 is 5.32 Å². The normalized spacial score (nSPS) is 27.1. The van der Waals surface area contributed by atoms with E-state index in [1.807, 2.05) is 0 Å². The average Bonchev–Trinajstić information content (AvgIpc) is 2.61. The molecule has 0 aromatic heterocycles. The number of rotatable bonds is 5. The summed E-state index contributed by atoms with van der Waals surface area (Å²) < 4.78 is 0.447. The summed E-state index contributed by atoms with van der Waals surface area (Å²) in [6, 6.07) is 0. The Kier molecular flexibility index (Phi) is 6.25. The van der Waals surface area contributed by atoms with E-state index >= 15 is 0 Å². The molecule has 0 aromatic carbocycles. The van der Waals surface area contributed by atoms with Crippen LogP contribution in [0.15, 0.2) is 0 Å². The van der Waals surface area contributed by atoms with Gasteiger partial charge in [0.15, 0.2) is 0 Å². The molecule has 3 heteroatoms. The molecule has 0 bridgehead atoms. The van der Waals surface area contributed by atoms with Gasteiger partial charge in [-0.1, -0.05) is 32.6 Å². The maximum atomic E-state index is 3.67. The Morgan fingerprint density at radius 3 is 2.40 bits per heavy atom. The topological polar surface area (TPSA) is 15.3 Å². The highest BCUT2D eigenvalue weighted by Crippen LogP contribution is 2.38. The fourth-order valence-electron chi connectivity index (χ4n) is 3.98. The first-order chi connectivity index (χ1) is 9.55. The van der Waals surface area contributed by atoms with Crippen LogP contribution in [0.1, 0.15) is 59.3 Å². The summed E-state index contributed by atoms with van der Waals surface area (Å²) in [5.74, 6) is 1.31. The van der Waals surface area contributed by atoms with Crippen LogP contribution >= 0.6 is 11.8 Å². The SMILES string of the molecule is CCNCC1(CN2CCSC(C)(C)C2)CCCCCC1. The Balaban J connectivity index is 1.98. The minimum absolute atomic E-state index is 0.447. The summed E-state index contributed by atoms with van der Waals surface area (Å²) in [6.07, 6.45) is 8.66. The number of hydrogen-bond donors (Lipinski definition) is 1. The van der Waals surface area contributed by atoms with Gasteiger partial charge in [0.2, 0.25) is 0 Å². The van der Waals surface area contributed by atoms with E-state index in [1.54, 1.807) is 0 Å². The molecule has 2 nitrogen and oxygen atoms in total. The van der Waals surface area contributed by atoms with E-state index in [4.69, 9.17) is 0 Å². The van der Waals surface area contributed by atoms with Crippen molar-refractivity contribution in [1.29, 1.82) is 0 Å². The Morgan fingerprint density at radius 2 is 1.80 bits per heavy atom. The van der Waals surface area contributed by atoms with Gasteiger partial charge in [0.05, 0.1) is 0 Å². The third kappa shape index (κ3) is 4.92. The standard InChI is InChI=1S/C17H34N2S/c1-4-18-13-17(9-7-5-6-8-10-17)15-19-11-12-20-16(2,3)14-19/h18H,4-15H2,1-3H3. The van der Waals surface area contributed by atoms with Gasteiger partial charge in [-0.15, -0.1) is 0 Å². The lowest BCUT2D eigenvalue weighted by Crippen LogP contribution is -2.50. The third-order valence-electron chi connectivity index (χ3n) is 4.98. The van der Waals surface area contributed by atoms with E-state index in [2.05, 4.69) is 42.7 Å². The second-order valence-corrected chi connectivity index (χ2v) is 9.32. The van der Waals surface area contributed by atoms with Gasteiger partial charge in [0, 0.05) is 36.7 Å². The molecule has 0 spiro atoms. The smallest absolute Gasteiger partial charge is 0.0231 e. The van der Waals surface area contributed by atoms with Crippen molar-refractivity contribution in [2.75, 3.05) is 38.5 Å². The van der Waals surface area contributed by atoms with Gasteiger partial charge in [0.1, 0.15) is 0 Å². The molecule has 1 saturated heterocycles. The van der Waals surface area contributed by atoms with Crippen LogP contribution in [0.25, 0.3) is 0 Å². The van der Waals surface area contributed by atoms with Crippen LogP contribution in [0, 0.1) is 5.41 Å². The molecule has 1 heterocycles. The first-order valence-corrected chi connectivity index (χ1v) is 9.61. The van der Waals surface area contributed by atoms with Crippen LogP contribution in [0.2, 0.25) is 0 Å². The van der Waals surface area contributed by atoms with Crippen molar-refractivity contribution in [3.8, 4) is 0 Å². The van der Waals surface area contributed by atoms with E-state index < -0.39 is 0 Å². The first-order valence-electron chi connectivity index (χ1n) is 8.62. The molecule has 2 aliphatic rings. The molecule has 1 saturated carbocycles. The van der Waals surface area contributed by atoms with Crippen molar-refractivity contribution in [2.24, 2.45) is 5.41 Å². The average molecular weight is 299 g/mol. The van der Waals surface area contributed by atoms with Gasteiger partial charge in [0.25, 0.3) is 0 Å². The van der Waals surface area contributed by atoms with Crippen molar-refractivity contribution in [3.05, 3.63) is 0 Å². The van der Waals surface area contributed by atoms with E-state index in [0.29, 0.717) is 10.2 Å². The Labute approximate surface area is 130 Å². The molecule has 1 aliphatic heterocycles. The molecular formula is C17H34N2S. The van der Waals surface area contributed by atoms with Crippen molar-refractivity contribution in [2.45, 2.75) is 64.0 Å². The van der Waals surface area contributed by atoms with E-state index in [1.165, 1.54) is 70.5 Å². The zero-order valence-corrected chi connectivity index (χ0v) is 14.7. The van der Waals surface area contributed by atoms with Crippen LogP contribution in [-0.2, 0) is 0 Å². The molecule has 20 heavy (non-hydrogen) atoms. The third-order valence-corrected chi connectivity index (χ3v) is 6.28. The van der Waals surface area contributed by atoms with Gasteiger partial charge in [-0.2, -0.15) is 11.8 Å². The molecule has 118 valence electrons. The molecule has 1 N–H and O–H groups in total. The van der Waals surface area contributed by atoms with Crippen molar-refractivity contribution in [3.63, 3.8) is 0 Å². The van der Waals surface area contributed by atoms with E-state index in [-0.39, 0.29) is 0 Å². The van der Waals surface area contributed by atoms with Crippen LogP contribution in [0.5, 0.6) is 0 Å². The highest BCUT2D eigenvalue weighted by molar-refractivity contribution is 8.00. The predicted molar refractivity (Wildman–Crippen MR) is 91.7 cm³/mol. The Bertz CT molecular complexity index is 283. The lowest BCUT2D eigenvalue weighted by atomic mass is 9.79. The largest absolute Gasteiger partial charge is 0.316 e. The summed E-state index contributed by atoms with van der Waals surface area (Å²) in [4.78, 5) is 2.76. The predicted octanol–water partition coefficient (Wildman–Crippen LogP) is 3.76. The molecule has 0 radical (unpaired) electrons.